The highest BCUT2D eigenvalue weighted by atomic mass is 19.1. The van der Waals surface area contributed by atoms with Crippen molar-refractivity contribution in [2.45, 2.75) is 89.9 Å². The van der Waals surface area contributed by atoms with Crippen LogP contribution in [0.2, 0.25) is 0 Å². The number of nitrogens with zero attached hydrogens (tertiary/aromatic N) is 7. The molecule has 1 unspecified atom stereocenters. The average Bonchev–Trinajstić information content (AvgIpc) is 3.78. The molecule has 3 aliphatic heterocycles. The summed E-state index contributed by atoms with van der Waals surface area (Å²) < 4.78 is 17.0. The molecule has 56 heavy (non-hydrogen) atoms. The van der Waals surface area contributed by atoms with Gasteiger partial charge in [-0.2, -0.15) is 4.98 Å². The first-order valence-corrected chi connectivity index (χ1v) is 19.0. The quantitative estimate of drug-likeness (QED) is 0.184. The van der Waals surface area contributed by atoms with Crippen molar-refractivity contribution >= 4 is 57.9 Å². The Hall–Kier alpha value is -5.90. The van der Waals surface area contributed by atoms with Crippen LogP contribution in [0.25, 0.3) is 11.0 Å². The number of amides is 4. The Kier molecular flexibility index (Phi) is 9.68. The van der Waals surface area contributed by atoms with E-state index in [9.17, 15) is 28.8 Å². The van der Waals surface area contributed by atoms with Gasteiger partial charge >= 0.3 is 0 Å². The fourth-order valence-electron chi connectivity index (χ4n) is 8.75. The highest BCUT2D eigenvalue weighted by Gasteiger charge is 2.46. The number of fused-ring (bicyclic) bond motifs is 2. The Labute approximate surface area is 321 Å². The van der Waals surface area contributed by atoms with E-state index in [0.29, 0.717) is 40.5 Å². The van der Waals surface area contributed by atoms with E-state index in [1.165, 1.54) is 19.1 Å². The number of carbonyl (C=O) groups excluding carboxylic acids is 5. The lowest BCUT2D eigenvalue weighted by Gasteiger charge is -2.37. The molecule has 2 N–H and O–H groups in total. The molecule has 15 nitrogen and oxygen atoms in total. The van der Waals surface area contributed by atoms with Gasteiger partial charge in [0.1, 0.15) is 23.3 Å². The Bertz CT molecular complexity index is 2370. The summed E-state index contributed by atoms with van der Waals surface area (Å²) in [6.07, 6.45) is 8.82. The SMILES string of the molecule is CC(=O)c1c(C)c2cnc(Nc3ccc(N4CCC(N(C)Cc5cc(F)c6c(c5)C(=O)N(C5CCC(=O)NC5=O)C6=O)CC4)cn3)nc2n(C2CCCC2)c1=O. The number of imide groups is 2. The lowest BCUT2D eigenvalue weighted by molar-refractivity contribution is -0.136. The largest absolute Gasteiger partial charge is 0.370 e. The molecule has 0 bridgehead atoms. The number of carbonyl (C=O) groups is 5. The topological polar surface area (TPSA) is 180 Å². The number of hydrogen-bond donors (Lipinski definition) is 2. The van der Waals surface area contributed by atoms with Crippen LogP contribution >= 0.6 is 0 Å². The Balaban J connectivity index is 0.904. The Morgan fingerprint density at radius 2 is 1.73 bits per heavy atom. The molecular formula is C40H42FN9O6. The third-order valence-corrected chi connectivity index (χ3v) is 11.7. The van der Waals surface area contributed by atoms with Crippen LogP contribution in [-0.2, 0) is 16.1 Å². The molecule has 4 aromatic rings. The smallest absolute Gasteiger partial charge is 0.265 e. The molecule has 1 atom stereocenters. The molecule has 8 rings (SSSR count). The third-order valence-electron chi connectivity index (χ3n) is 11.7. The summed E-state index contributed by atoms with van der Waals surface area (Å²) in [6.45, 7) is 5.04. The highest BCUT2D eigenvalue weighted by Crippen LogP contribution is 2.34. The van der Waals surface area contributed by atoms with Gasteiger partial charge in [0, 0.05) is 49.7 Å². The fraction of sp³-hybridized carbons (Fsp3) is 0.425. The van der Waals surface area contributed by atoms with E-state index in [2.05, 4.69) is 30.4 Å². The van der Waals surface area contributed by atoms with Crippen molar-refractivity contribution in [1.29, 1.82) is 0 Å². The summed E-state index contributed by atoms with van der Waals surface area (Å²) in [4.78, 5) is 95.4. The van der Waals surface area contributed by atoms with Crippen LogP contribution in [0.4, 0.5) is 21.8 Å². The van der Waals surface area contributed by atoms with E-state index < -0.39 is 35.5 Å². The van der Waals surface area contributed by atoms with Crippen LogP contribution in [-0.4, -0.2) is 91.0 Å². The van der Waals surface area contributed by atoms with Gasteiger partial charge in [-0.15, -0.1) is 0 Å². The van der Waals surface area contributed by atoms with Gasteiger partial charge in [-0.25, -0.2) is 14.4 Å². The van der Waals surface area contributed by atoms with E-state index in [1.54, 1.807) is 23.9 Å². The summed E-state index contributed by atoms with van der Waals surface area (Å²) in [5.74, 6) is -3.06. The van der Waals surface area contributed by atoms with Crippen molar-refractivity contribution in [2.24, 2.45) is 0 Å². The van der Waals surface area contributed by atoms with Gasteiger partial charge in [-0.05, 0) is 88.4 Å². The van der Waals surface area contributed by atoms with E-state index in [-0.39, 0.29) is 53.0 Å². The maximum Gasteiger partial charge on any atom is 0.265 e. The van der Waals surface area contributed by atoms with Crippen LogP contribution in [0.15, 0.2) is 41.5 Å². The molecule has 1 aromatic carbocycles. The molecule has 6 heterocycles. The predicted molar refractivity (Wildman–Crippen MR) is 203 cm³/mol. The van der Waals surface area contributed by atoms with Gasteiger partial charge in [-0.1, -0.05) is 12.8 Å². The summed E-state index contributed by atoms with van der Waals surface area (Å²) in [5.41, 5.74) is 2.05. The number of hydrogen-bond acceptors (Lipinski definition) is 12. The number of aryl methyl sites for hydroxylation is 1. The molecule has 0 spiro atoms. The van der Waals surface area contributed by atoms with Crippen molar-refractivity contribution in [3.63, 3.8) is 0 Å². The van der Waals surface area contributed by atoms with Gasteiger partial charge in [0.2, 0.25) is 17.8 Å². The summed E-state index contributed by atoms with van der Waals surface area (Å²) in [7, 11) is 1.95. The number of aromatic nitrogens is 4. The zero-order valence-electron chi connectivity index (χ0n) is 31.4. The second-order valence-electron chi connectivity index (χ2n) is 15.2. The maximum atomic E-state index is 15.3. The lowest BCUT2D eigenvalue weighted by atomic mass is 10.0. The maximum absolute atomic E-state index is 15.3. The molecule has 3 fully saturated rings. The van der Waals surface area contributed by atoms with Crippen molar-refractivity contribution in [2.75, 3.05) is 30.4 Å². The van der Waals surface area contributed by atoms with Crippen LogP contribution in [0.5, 0.6) is 0 Å². The zero-order valence-corrected chi connectivity index (χ0v) is 31.4. The fourth-order valence-corrected chi connectivity index (χ4v) is 8.75. The van der Waals surface area contributed by atoms with Crippen molar-refractivity contribution < 1.29 is 28.4 Å². The molecule has 1 aliphatic carbocycles. The number of nitrogens with one attached hydrogen (secondary N) is 2. The standard InChI is InChI=1S/C40H42FN9O6/c1-21-28-19-43-40(46-35(28)49(25-6-4-5-7-25)38(55)33(21)22(2)51)44-31-10-8-26(18-42-31)48-14-12-24(13-15-48)47(3)20-23-16-27-34(29(41)17-23)39(56)50(37(27)54)30-9-11-32(52)45-36(30)53/h8,10,16-19,24-25,30H,4-7,9,11-15,20H2,1-3H3,(H,45,52,53)(H,42,43,44,46). The number of halogens is 1. The summed E-state index contributed by atoms with van der Waals surface area (Å²) in [6, 6.07) is 5.62. The molecule has 4 amide bonds. The molecule has 3 aromatic heterocycles. The predicted octanol–water partition coefficient (Wildman–Crippen LogP) is 4.20. The van der Waals surface area contributed by atoms with E-state index >= 15 is 4.39 Å². The molecule has 4 aliphatic rings. The molecule has 2 saturated heterocycles. The third kappa shape index (κ3) is 6.61. The van der Waals surface area contributed by atoms with E-state index in [4.69, 9.17) is 4.98 Å². The molecule has 290 valence electrons. The molecule has 16 heteroatoms. The average molecular weight is 764 g/mol. The van der Waals surface area contributed by atoms with Gasteiger partial charge in [0.15, 0.2) is 5.78 Å². The molecular weight excluding hydrogens is 721 g/mol. The second-order valence-corrected chi connectivity index (χ2v) is 15.2. The first kappa shape index (κ1) is 37.0. The van der Waals surface area contributed by atoms with Gasteiger partial charge in [-0.3, -0.25) is 48.5 Å². The summed E-state index contributed by atoms with van der Waals surface area (Å²) >= 11 is 0. The second kappa shape index (κ2) is 14.6. The van der Waals surface area contributed by atoms with Crippen LogP contribution in [0.1, 0.15) is 107 Å². The van der Waals surface area contributed by atoms with Gasteiger partial charge < -0.3 is 10.2 Å². The number of anilines is 3. The highest BCUT2D eigenvalue weighted by molar-refractivity contribution is 6.23. The number of rotatable bonds is 9. The van der Waals surface area contributed by atoms with Crippen molar-refractivity contribution in [3.8, 4) is 0 Å². The Morgan fingerprint density at radius 3 is 2.41 bits per heavy atom. The first-order valence-electron chi connectivity index (χ1n) is 19.0. The number of Topliss-reactive ketones (excluding diaryl/α,β-unsaturated/α-hetero) is 1. The number of piperidine rings is 2. The minimum Gasteiger partial charge on any atom is -0.370 e. The number of ketones is 1. The minimum absolute atomic E-state index is 0.000119. The van der Waals surface area contributed by atoms with E-state index in [1.807, 2.05) is 19.2 Å². The lowest BCUT2D eigenvalue weighted by Crippen LogP contribution is -2.54. The first-order chi connectivity index (χ1) is 26.9. The minimum atomic E-state index is -1.16. The van der Waals surface area contributed by atoms with Gasteiger partial charge in [0.25, 0.3) is 17.4 Å². The van der Waals surface area contributed by atoms with Crippen LogP contribution < -0.4 is 21.1 Å². The normalized spacial score (nSPS) is 19.3. The van der Waals surface area contributed by atoms with E-state index in [0.717, 1.165) is 62.2 Å². The monoisotopic (exact) mass is 763 g/mol. The molecule has 1 saturated carbocycles. The molecule has 0 radical (unpaired) electrons. The summed E-state index contributed by atoms with van der Waals surface area (Å²) in [5, 5.41) is 6.00. The van der Waals surface area contributed by atoms with Crippen LogP contribution in [0.3, 0.4) is 0 Å². The number of pyridine rings is 2. The zero-order chi connectivity index (χ0) is 39.4. The van der Waals surface area contributed by atoms with Gasteiger partial charge in [0.05, 0.1) is 28.6 Å². The number of benzene rings is 1. The van der Waals surface area contributed by atoms with Crippen LogP contribution in [0, 0.1) is 12.7 Å². The van der Waals surface area contributed by atoms with Crippen molar-refractivity contribution in [3.05, 3.63) is 80.6 Å². The van der Waals surface area contributed by atoms with Crippen molar-refractivity contribution in [1.82, 2.24) is 34.6 Å². The Morgan fingerprint density at radius 1 is 0.982 bits per heavy atom.